The number of para-hydroxylation sites is 2. The summed E-state index contributed by atoms with van der Waals surface area (Å²) < 4.78 is 73.2. The molecule has 0 bridgehead atoms. The van der Waals surface area contributed by atoms with Crippen molar-refractivity contribution in [1.82, 2.24) is 30.3 Å². The fourth-order valence-corrected chi connectivity index (χ4v) is 3.23. The highest BCUT2D eigenvalue weighted by atomic mass is 19.4. The van der Waals surface area contributed by atoms with Gasteiger partial charge in [-0.3, -0.25) is 9.59 Å². The van der Waals surface area contributed by atoms with E-state index in [0.717, 1.165) is 22.8 Å². The van der Waals surface area contributed by atoms with Gasteiger partial charge in [-0.25, -0.2) is 13.8 Å². The van der Waals surface area contributed by atoms with Crippen molar-refractivity contribution in [1.29, 1.82) is 0 Å². The van der Waals surface area contributed by atoms with Crippen LogP contribution in [0.4, 0.5) is 22.0 Å². The van der Waals surface area contributed by atoms with Crippen LogP contribution in [0.5, 0.6) is 0 Å². The first-order valence-corrected chi connectivity index (χ1v) is 10.0. The molecule has 0 spiro atoms. The smallest absolute Gasteiger partial charge is 0.350 e. The van der Waals surface area contributed by atoms with E-state index in [4.69, 9.17) is 4.52 Å². The maximum absolute atomic E-state index is 13.6. The number of imidazole rings is 1. The highest BCUT2D eigenvalue weighted by molar-refractivity contribution is 5.94. The van der Waals surface area contributed by atoms with Crippen LogP contribution in [-0.2, 0) is 12.7 Å². The summed E-state index contributed by atoms with van der Waals surface area (Å²) in [5.41, 5.74) is -0.443. The van der Waals surface area contributed by atoms with Gasteiger partial charge in [0.1, 0.15) is 17.2 Å². The van der Waals surface area contributed by atoms with E-state index in [2.05, 4.69) is 25.8 Å². The molecule has 0 radical (unpaired) electrons. The molecule has 0 aliphatic rings. The Hall–Kier alpha value is -4.36. The molecule has 4 aromatic rings. The molecule has 14 heteroatoms. The Labute approximate surface area is 192 Å². The number of hydrogen-bond acceptors (Lipinski definition) is 6. The second kappa shape index (κ2) is 9.48. The lowest BCUT2D eigenvalue weighted by atomic mass is 10.2. The molecule has 2 aromatic carbocycles. The molecule has 0 saturated heterocycles. The first-order chi connectivity index (χ1) is 16.6. The third-order valence-corrected chi connectivity index (χ3v) is 4.76. The average Bonchev–Trinajstić information content (AvgIpc) is 3.42. The average molecular weight is 494 g/mol. The molecular weight excluding hydrogens is 479 g/mol. The molecule has 0 atom stereocenters. The summed E-state index contributed by atoms with van der Waals surface area (Å²) in [6.07, 6.45) is -4.74. The Morgan fingerprint density at radius 2 is 1.57 bits per heavy atom. The summed E-state index contributed by atoms with van der Waals surface area (Å²) in [6.45, 7) is -0.811. The standard InChI is InChI=1S/C21H15F5N6O3/c22-11-4-3-5-12(23)16(11)17(33)27-8-9-28-18(34)19-30-15(31-35-19)10-32-14-7-2-1-6-13(14)29-20(32)21(24,25)26/h1-7H,8-10H2,(H,27,33)(H,28,34). The van der Waals surface area contributed by atoms with E-state index in [1.165, 1.54) is 12.1 Å². The molecule has 0 aliphatic heterocycles. The predicted molar refractivity (Wildman–Crippen MR) is 109 cm³/mol. The molecule has 182 valence electrons. The number of alkyl halides is 3. The Morgan fingerprint density at radius 3 is 2.26 bits per heavy atom. The van der Waals surface area contributed by atoms with Gasteiger partial charge < -0.3 is 19.7 Å². The fourth-order valence-electron chi connectivity index (χ4n) is 3.23. The second-order valence-electron chi connectivity index (χ2n) is 7.13. The lowest BCUT2D eigenvalue weighted by molar-refractivity contribution is -0.146. The molecule has 2 N–H and O–H groups in total. The minimum atomic E-state index is -4.74. The largest absolute Gasteiger partial charge is 0.449 e. The number of hydrogen-bond donors (Lipinski definition) is 2. The van der Waals surface area contributed by atoms with Gasteiger partial charge in [-0.15, -0.1) is 0 Å². The lowest BCUT2D eigenvalue weighted by Crippen LogP contribution is -2.35. The highest BCUT2D eigenvalue weighted by Crippen LogP contribution is 2.31. The Balaban J connectivity index is 1.37. The van der Waals surface area contributed by atoms with Crippen LogP contribution in [0.2, 0.25) is 0 Å². The zero-order valence-electron chi connectivity index (χ0n) is 17.6. The van der Waals surface area contributed by atoms with E-state index >= 15 is 0 Å². The maximum Gasteiger partial charge on any atom is 0.449 e. The zero-order chi connectivity index (χ0) is 25.2. The number of halogens is 5. The van der Waals surface area contributed by atoms with E-state index in [1.54, 1.807) is 12.1 Å². The van der Waals surface area contributed by atoms with Gasteiger partial charge >= 0.3 is 18.0 Å². The second-order valence-corrected chi connectivity index (χ2v) is 7.13. The van der Waals surface area contributed by atoms with Gasteiger partial charge in [-0.2, -0.15) is 18.2 Å². The molecule has 2 amide bonds. The summed E-state index contributed by atoms with van der Waals surface area (Å²) in [5, 5.41) is 8.12. The van der Waals surface area contributed by atoms with Gasteiger partial charge in [0, 0.05) is 13.1 Å². The number of carbonyl (C=O) groups excluding carboxylic acids is 2. The van der Waals surface area contributed by atoms with Crippen molar-refractivity contribution >= 4 is 22.8 Å². The zero-order valence-corrected chi connectivity index (χ0v) is 17.6. The molecule has 0 unspecified atom stereocenters. The summed E-state index contributed by atoms with van der Waals surface area (Å²) >= 11 is 0. The van der Waals surface area contributed by atoms with Gasteiger partial charge in [0.2, 0.25) is 5.82 Å². The van der Waals surface area contributed by atoms with Gasteiger partial charge in [0.05, 0.1) is 17.6 Å². The molecule has 9 nitrogen and oxygen atoms in total. The monoisotopic (exact) mass is 494 g/mol. The number of aromatic nitrogens is 4. The molecule has 2 aromatic heterocycles. The SMILES string of the molecule is O=C(NCCNC(=O)c1c(F)cccc1F)c1nc(Cn2c(C(F)(F)F)nc3ccccc32)no1. The van der Waals surface area contributed by atoms with Crippen molar-refractivity contribution < 1.29 is 36.1 Å². The van der Waals surface area contributed by atoms with Crippen molar-refractivity contribution in [3.8, 4) is 0 Å². The van der Waals surface area contributed by atoms with Crippen molar-refractivity contribution in [2.24, 2.45) is 0 Å². The van der Waals surface area contributed by atoms with E-state index in [-0.39, 0.29) is 29.9 Å². The Bertz CT molecular complexity index is 1380. The number of fused-ring (bicyclic) bond motifs is 1. The van der Waals surface area contributed by atoms with E-state index < -0.39 is 53.4 Å². The third-order valence-electron chi connectivity index (χ3n) is 4.76. The number of rotatable bonds is 7. The van der Waals surface area contributed by atoms with Crippen LogP contribution in [0.1, 0.15) is 32.7 Å². The maximum atomic E-state index is 13.6. The van der Waals surface area contributed by atoms with Crippen molar-refractivity contribution in [3.05, 3.63) is 77.2 Å². The van der Waals surface area contributed by atoms with Crippen LogP contribution in [-0.4, -0.2) is 44.6 Å². The minimum Gasteiger partial charge on any atom is -0.350 e. The number of amides is 2. The van der Waals surface area contributed by atoms with Crippen molar-refractivity contribution in [2.75, 3.05) is 13.1 Å². The molecule has 2 heterocycles. The molecular formula is C21H15F5N6O3. The van der Waals surface area contributed by atoms with Gasteiger partial charge in [0.25, 0.3) is 5.91 Å². The molecule has 0 aliphatic carbocycles. The number of benzene rings is 2. The third kappa shape index (κ3) is 5.10. The summed E-state index contributed by atoms with van der Waals surface area (Å²) in [5.74, 6) is -5.83. The van der Waals surface area contributed by atoms with Crippen LogP contribution < -0.4 is 10.6 Å². The quantitative estimate of drug-likeness (QED) is 0.302. The topological polar surface area (TPSA) is 115 Å². The van der Waals surface area contributed by atoms with Crippen LogP contribution in [0.15, 0.2) is 47.0 Å². The van der Waals surface area contributed by atoms with Crippen LogP contribution >= 0.6 is 0 Å². The summed E-state index contributed by atoms with van der Waals surface area (Å²) in [6, 6.07) is 8.94. The molecule has 0 saturated carbocycles. The number of nitrogens with zero attached hydrogens (tertiary/aromatic N) is 4. The van der Waals surface area contributed by atoms with Crippen LogP contribution in [0.25, 0.3) is 11.0 Å². The summed E-state index contributed by atoms with van der Waals surface area (Å²) in [7, 11) is 0. The number of nitrogens with one attached hydrogen (secondary N) is 2. The van der Waals surface area contributed by atoms with Crippen LogP contribution in [0.3, 0.4) is 0 Å². The Kier molecular flexibility index (Phi) is 6.44. The van der Waals surface area contributed by atoms with Gasteiger partial charge in [-0.05, 0) is 24.3 Å². The highest BCUT2D eigenvalue weighted by Gasteiger charge is 2.38. The Morgan fingerprint density at radius 1 is 0.914 bits per heavy atom. The van der Waals surface area contributed by atoms with E-state index in [0.29, 0.717) is 0 Å². The predicted octanol–water partition coefficient (Wildman–Crippen LogP) is 2.92. The van der Waals surface area contributed by atoms with E-state index in [1.807, 2.05) is 0 Å². The van der Waals surface area contributed by atoms with E-state index in [9.17, 15) is 31.5 Å². The van der Waals surface area contributed by atoms with Gasteiger partial charge in [-0.1, -0.05) is 23.4 Å². The first-order valence-electron chi connectivity index (χ1n) is 10.0. The van der Waals surface area contributed by atoms with Crippen LogP contribution in [0, 0.1) is 11.6 Å². The van der Waals surface area contributed by atoms with Crippen molar-refractivity contribution in [2.45, 2.75) is 12.7 Å². The summed E-state index contributed by atoms with van der Waals surface area (Å²) in [4.78, 5) is 31.5. The number of carbonyl (C=O) groups is 2. The normalized spacial score (nSPS) is 11.6. The first kappa shape index (κ1) is 23.8. The fraction of sp³-hybridized carbons (Fsp3) is 0.190. The van der Waals surface area contributed by atoms with Crippen molar-refractivity contribution in [3.63, 3.8) is 0 Å². The minimum absolute atomic E-state index is 0.124. The van der Waals surface area contributed by atoms with Gasteiger partial charge in [0.15, 0.2) is 5.82 Å². The molecule has 35 heavy (non-hydrogen) atoms. The lowest BCUT2D eigenvalue weighted by Gasteiger charge is -2.09. The molecule has 4 rings (SSSR count). The molecule has 0 fully saturated rings.